The van der Waals surface area contributed by atoms with E-state index in [1.54, 1.807) is 13.8 Å². The van der Waals surface area contributed by atoms with Gasteiger partial charge in [0, 0.05) is 35.2 Å². The number of aromatic hydroxyl groups is 3. The number of carbonyl (C=O) groups excluding carboxylic acids is 8. The Balaban J connectivity index is 1.01. The van der Waals surface area contributed by atoms with Gasteiger partial charge in [0.2, 0.25) is 59.3 Å². The van der Waals surface area contributed by atoms with Crippen molar-refractivity contribution in [3.05, 3.63) is 117 Å². The van der Waals surface area contributed by atoms with Crippen molar-refractivity contribution in [2.45, 2.75) is 194 Å². The molecule has 5 aromatic rings. The summed E-state index contributed by atoms with van der Waals surface area (Å²) < 4.78 is 38.7. The standard InChI is InChI=1S/C75H88Cl2N10O23/c1-27(2)11-42(78)67(98)86-58-60(93)32-6-9-46(40(76)18-32)106-48-20-36-21-49(64(48)110-74-65(63(96)62(95)50(26-88)108-74)109-52-25-75(4,80)66(97)28(3)105-52)107-47-10-7-33(19-41(47)77)61(94)59-73(104)85-57(71(102)82-54-34-13-29-12-30(15-34)16-35(54)14-29)39-22-37(89)23-45(91)53(39)38-17-31(5-8-44(38)90)55(69(100)87-59)84-70(101)56(36)83-68(99)43(24-51(79)92)81-72(58)103/h5-10,17-23,27-30,34-35,42-43,50,52,54-63,65-66,74,88-91,93-97H,11-16,24-26,78,80H2,1-4H3,(H2,79,92)(H,81,103)(H,82,102)(H,83,99)(H,84,101)(H,85,104)(H,86,98)(H,87,100)/t28?,29?,30?,34?,35?,42-,43+,50?,52?,54?,55-,56-,57+,58-,59?,60-,61-,62?,63?,65?,66?,74?,75?/m1/s1. The van der Waals surface area contributed by atoms with Crippen molar-refractivity contribution < 1.29 is 113 Å². The Morgan fingerprint density at radius 2 is 1.27 bits per heavy atom. The summed E-state index contributed by atoms with van der Waals surface area (Å²) in [7, 11) is 0. The van der Waals surface area contributed by atoms with Crippen LogP contribution in [0.5, 0.6) is 46.0 Å². The summed E-state index contributed by atoms with van der Waals surface area (Å²) >= 11 is 14.3. The predicted octanol–water partition coefficient (Wildman–Crippen LogP) is 1.70. The number of hydrogen-bond acceptors (Lipinski definition) is 25. The van der Waals surface area contributed by atoms with Crippen LogP contribution in [0.2, 0.25) is 10.0 Å². The van der Waals surface area contributed by atoms with Gasteiger partial charge < -0.3 is 129 Å². The number of phenols is 3. The van der Waals surface area contributed by atoms with E-state index in [0.717, 1.165) is 86.7 Å². The van der Waals surface area contributed by atoms with Crippen LogP contribution in [0.3, 0.4) is 0 Å². The van der Waals surface area contributed by atoms with E-state index in [1.807, 2.05) is 0 Å². The fourth-order valence-electron chi connectivity index (χ4n) is 16.7. The number of fused-ring (bicyclic) bond motifs is 15. The first-order chi connectivity index (χ1) is 52.1. The third-order valence-corrected chi connectivity index (χ3v) is 22.6. The summed E-state index contributed by atoms with van der Waals surface area (Å²) in [5.74, 6) is -13.4. The Bertz CT molecular complexity index is 4430. The molecule has 22 N–H and O–H groups in total. The number of rotatable bonds is 13. The molecular weight excluding hydrogens is 1480 g/mol. The van der Waals surface area contributed by atoms with Gasteiger partial charge >= 0.3 is 0 Å². The Morgan fingerprint density at radius 1 is 0.673 bits per heavy atom. The van der Waals surface area contributed by atoms with Crippen molar-refractivity contribution >= 4 is 70.5 Å². The molecule has 590 valence electrons. The van der Waals surface area contributed by atoms with Gasteiger partial charge in [0.05, 0.1) is 41.3 Å². The number of hydrogen-bond donors (Lipinski definition) is 19. The van der Waals surface area contributed by atoms with Crippen molar-refractivity contribution in [2.75, 3.05) is 6.61 Å². The number of halogens is 2. The fourth-order valence-corrected chi connectivity index (χ4v) is 17.2. The van der Waals surface area contributed by atoms with Crippen LogP contribution in [0.4, 0.5) is 0 Å². The average Bonchev–Trinajstić information content (AvgIpc) is 0.758. The van der Waals surface area contributed by atoms with Crippen molar-refractivity contribution in [3.63, 3.8) is 0 Å². The van der Waals surface area contributed by atoms with E-state index < -0.39 is 215 Å². The molecule has 6 fully saturated rings. The quantitative estimate of drug-likeness (QED) is 0.0797. The maximum Gasteiger partial charge on any atom is 0.248 e. The second-order valence-electron chi connectivity index (χ2n) is 30.6. The lowest BCUT2D eigenvalue weighted by Gasteiger charge is -2.54. The highest BCUT2D eigenvalue weighted by Gasteiger charge is 2.53. The van der Waals surface area contributed by atoms with Crippen LogP contribution in [-0.4, -0.2) is 185 Å². The van der Waals surface area contributed by atoms with Gasteiger partial charge in [-0.05, 0) is 164 Å². The molecule has 15 bridgehead atoms. The molecule has 8 amide bonds. The molecule has 10 unspecified atom stereocenters. The lowest BCUT2D eigenvalue weighted by molar-refractivity contribution is -0.333. The molecule has 35 heteroatoms. The summed E-state index contributed by atoms with van der Waals surface area (Å²) in [6, 6.07) is 0.0744. The molecule has 2 saturated heterocycles. The molecule has 16 rings (SSSR count). The molecular formula is C75H88Cl2N10O23. The van der Waals surface area contributed by atoms with Crippen LogP contribution < -0.4 is 68.6 Å². The highest BCUT2D eigenvalue weighted by Crippen LogP contribution is 2.55. The molecule has 4 aliphatic carbocycles. The summed E-state index contributed by atoms with van der Waals surface area (Å²) in [4.78, 5) is 120. The van der Waals surface area contributed by atoms with Crippen LogP contribution in [0.1, 0.15) is 137 Å². The summed E-state index contributed by atoms with van der Waals surface area (Å²) in [5.41, 5.74) is 15.1. The molecule has 7 heterocycles. The van der Waals surface area contributed by atoms with Gasteiger partial charge in [-0.2, -0.15) is 0 Å². The number of nitrogens with two attached hydrogens (primary N) is 3. The van der Waals surface area contributed by atoms with E-state index in [2.05, 4.69) is 37.2 Å². The lowest BCUT2D eigenvalue weighted by atomic mass is 9.54. The normalized spacial score (nSPS) is 33.0. The van der Waals surface area contributed by atoms with Gasteiger partial charge in [0.1, 0.15) is 95.5 Å². The SMILES string of the molecule is CC(C)C[C@@H](N)C(=O)N[C@H]1C(=O)N[C@@H](CC(N)=O)C(=O)N[C@H]2C(=O)N[C@H]3C(=O)NC(C(=O)N[C@H](C(=O)NC4C5CC6CC(C5)CC4C6)c4cc(O)cc(O)c4-c4cc3ccc4O)[C@H](O)c3ccc(c(Cl)c3)Oc3cc2cc(c3OC2OC(CO)C(O)C(O)C2OC2CC(C)(N)C(O)C(C)O2)Oc2ccc(cc2Cl)[C@H]1O. The topological polar surface area (TPSA) is 536 Å². The number of ether oxygens (including phenoxy) is 6. The maximum atomic E-state index is 16.3. The average molecular weight is 1570 g/mol. The van der Waals surface area contributed by atoms with E-state index in [0.29, 0.717) is 11.8 Å². The third kappa shape index (κ3) is 16.0. The van der Waals surface area contributed by atoms with E-state index >= 15 is 24.0 Å². The first-order valence-electron chi connectivity index (χ1n) is 36.2. The van der Waals surface area contributed by atoms with Crippen molar-refractivity contribution in [2.24, 2.45) is 46.8 Å². The Hall–Kier alpha value is -9.20. The monoisotopic (exact) mass is 1570 g/mol. The predicted molar refractivity (Wildman–Crippen MR) is 386 cm³/mol. The van der Waals surface area contributed by atoms with Crippen LogP contribution in [0.25, 0.3) is 11.1 Å². The minimum absolute atomic E-state index is 0.0730. The molecule has 18 atom stereocenters. The largest absolute Gasteiger partial charge is 0.508 e. The van der Waals surface area contributed by atoms with Gasteiger partial charge in [0.15, 0.2) is 23.9 Å². The van der Waals surface area contributed by atoms with Crippen LogP contribution in [-0.2, 0) is 52.6 Å². The minimum atomic E-state index is -2.33. The van der Waals surface area contributed by atoms with E-state index in [9.17, 15) is 60.3 Å². The van der Waals surface area contributed by atoms with Gasteiger partial charge in [-0.1, -0.05) is 55.2 Å². The number of benzene rings is 5. The fraction of sp³-hybridized carbons (Fsp3) is 0.493. The molecule has 0 aromatic heterocycles. The van der Waals surface area contributed by atoms with Crippen LogP contribution in [0.15, 0.2) is 78.9 Å². The van der Waals surface area contributed by atoms with Gasteiger partial charge in [-0.15, -0.1) is 0 Å². The van der Waals surface area contributed by atoms with Crippen LogP contribution >= 0.6 is 23.2 Å². The van der Waals surface area contributed by atoms with E-state index in [1.165, 1.54) is 38.1 Å². The Morgan fingerprint density at radius 3 is 1.87 bits per heavy atom. The zero-order valence-electron chi connectivity index (χ0n) is 59.9. The first-order valence-corrected chi connectivity index (χ1v) is 37.0. The number of nitrogens with one attached hydrogen (secondary N) is 7. The summed E-state index contributed by atoms with van der Waals surface area (Å²) in [6.07, 6.45) is -14.1. The second-order valence-corrected chi connectivity index (χ2v) is 31.4. The molecule has 7 aliphatic heterocycles. The summed E-state index contributed by atoms with van der Waals surface area (Å²) in [5, 5.41) is 123. The van der Waals surface area contributed by atoms with E-state index in [4.69, 9.17) is 68.8 Å². The molecule has 0 spiro atoms. The molecule has 4 saturated carbocycles. The number of aliphatic hydroxyl groups is 6. The van der Waals surface area contributed by atoms with Gasteiger partial charge in [-0.25, -0.2) is 0 Å². The Kier molecular flexibility index (Phi) is 22.6. The molecule has 0 radical (unpaired) electrons. The highest BCUT2D eigenvalue weighted by atomic mass is 35.5. The van der Waals surface area contributed by atoms with E-state index in [-0.39, 0.29) is 86.5 Å². The zero-order chi connectivity index (χ0) is 79.0. The van der Waals surface area contributed by atoms with Gasteiger partial charge in [0.25, 0.3) is 0 Å². The maximum absolute atomic E-state index is 16.3. The van der Waals surface area contributed by atoms with Gasteiger partial charge in [-0.3, -0.25) is 38.4 Å². The number of carbonyl (C=O) groups is 8. The number of phenolic OH excluding ortho intramolecular Hbond substituents is 3. The lowest BCUT2D eigenvalue weighted by Crippen LogP contribution is -2.64. The van der Waals surface area contributed by atoms with Crippen LogP contribution in [0, 0.1) is 29.6 Å². The number of aliphatic hydroxyl groups excluding tert-OH is 6. The van der Waals surface area contributed by atoms with Crippen molar-refractivity contribution in [3.8, 4) is 57.1 Å². The first kappa shape index (κ1) is 78.9. The second kappa shape index (κ2) is 31.5. The molecule has 5 aromatic carbocycles. The smallest absolute Gasteiger partial charge is 0.248 e. The van der Waals surface area contributed by atoms with Crippen molar-refractivity contribution in [1.29, 1.82) is 0 Å². The third-order valence-electron chi connectivity index (χ3n) is 22.0. The summed E-state index contributed by atoms with van der Waals surface area (Å²) in [6.45, 7) is 5.60. The zero-order valence-corrected chi connectivity index (χ0v) is 61.4. The number of primary amides is 1. The Labute approximate surface area is 639 Å². The molecule has 33 nitrogen and oxygen atoms in total. The highest BCUT2D eigenvalue weighted by molar-refractivity contribution is 6.32. The molecule has 11 aliphatic rings. The minimum Gasteiger partial charge on any atom is -0.508 e. The molecule has 110 heavy (non-hydrogen) atoms. The van der Waals surface area contributed by atoms with Crippen molar-refractivity contribution in [1.82, 2.24) is 37.2 Å². The number of amides is 8.